The molecule has 2 aromatic carbocycles. The fourth-order valence-corrected chi connectivity index (χ4v) is 5.49. The quantitative estimate of drug-likeness (QED) is 0.477. The zero-order chi connectivity index (χ0) is 27.2. The summed E-state index contributed by atoms with van der Waals surface area (Å²) in [4.78, 5) is 28.3. The molecule has 0 aliphatic heterocycles. The standard InChI is InChI=1S/C26H34F2N4O4S/c1-4-23(26(34)29-21-9-5-6-10-21)31(17-19-13-15-20(27)16-14-19)25(33)18-32(37(35,36)30(2)3)24-12-8-7-11-22(24)28/h7-8,11-16,21,23H,4-6,9-10,17-18H2,1-3H3,(H,29,34)/t23-/m1/s1. The number of nitrogens with zero attached hydrogens (tertiary/aromatic N) is 3. The van der Waals surface area contributed by atoms with Gasteiger partial charge in [-0.1, -0.05) is 44.0 Å². The van der Waals surface area contributed by atoms with E-state index >= 15 is 0 Å². The first-order valence-electron chi connectivity index (χ1n) is 12.3. The van der Waals surface area contributed by atoms with Crippen LogP contribution in [0.3, 0.4) is 0 Å². The summed E-state index contributed by atoms with van der Waals surface area (Å²) < 4.78 is 56.1. The fraction of sp³-hybridized carbons (Fsp3) is 0.462. The lowest BCUT2D eigenvalue weighted by Gasteiger charge is -2.34. The Bertz CT molecular complexity index is 1190. The van der Waals surface area contributed by atoms with Gasteiger partial charge in [0, 0.05) is 26.7 Å². The summed E-state index contributed by atoms with van der Waals surface area (Å²) in [6.45, 7) is 0.980. The van der Waals surface area contributed by atoms with E-state index in [1.54, 1.807) is 6.92 Å². The molecule has 1 aliphatic carbocycles. The molecular formula is C26H34F2N4O4S. The highest BCUT2D eigenvalue weighted by Crippen LogP contribution is 2.24. The summed E-state index contributed by atoms with van der Waals surface area (Å²) in [5, 5.41) is 3.01. The van der Waals surface area contributed by atoms with Crippen molar-refractivity contribution in [2.45, 2.75) is 57.7 Å². The number of carbonyl (C=O) groups excluding carboxylic acids is 2. The second-order valence-electron chi connectivity index (χ2n) is 9.31. The van der Waals surface area contributed by atoms with Crippen LogP contribution in [-0.2, 0) is 26.3 Å². The monoisotopic (exact) mass is 536 g/mol. The van der Waals surface area contributed by atoms with Gasteiger partial charge in [0.1, 0.15) is 24.2 Å². The van der Waals surface area contributed by atoms with Crippen LogP contribution in [0.5, 0.6) is 0 Å². The molecule has 2 amide bonds. The molecule has 0 saturated heterocycles. The molecule has 0 radical (unpaired) electrons. The summed E-state index contributed by atoms with van der Waals surface area (Å²) in [5.74, 6) is -2.28. The van der Waals surface area contributed by atoms with Crippen LogP contribution in [0.25, 0.3) is 0 Å². The van der Waals surface area contributed by atoms with Crippen LogP contribution in [0.1, 0.15) is 44.6 Å². The summed E-state index contributed by atoms with van der Waals surface area (Å²) in [6, 6.07) is 9.90. The first-order valence-corrected chi connectivity index (χ1v) is 13.7. The van der Waals surface area contributed by atoms with Gasteiger partial charge in [0.2, 0.25) is 11.8 Å². The van der Waals surface area contributed by atoms with Gasteiger partial charge >= 0.3 is 10.2 Å². The molecule has 2 aromatic rings. The highest BCUT2D eigenvalue weighted by atomic mass is 32.2. The second kappa shape index (κ2) is 12.5. The van der Waals surface area contributed by atoms with Gasteiger partial charge in [-0.3, -0.25) is 9.59 Å². The maximum Gasteiger partial charge on any atom is 0.304 e. The summed E-state index contributed by atoms with van der Waals surface area (Å²) >= 11 is 0. The van der Waals surface area contributed by atoms with E-state index in [4.69, 9.17) is 0 Å². The topological polar surface area (TPSA) is 90.0 Å². The molecule has 1 aliphatic rings. The lowest BCUT2D eigenvalue weighted by atomic mass is 10.1. The van der Waals surface area contributed by atoms with Crippen molar-refractivity contribution in [2.75, 3.05) is 24.9 Å². The van der Waals surface area contributed by atoms with Gasteiger partial charge in [-0.15, -0.1) is 0 Å². The number of benzene rings is 2. The van der Waals surface area contributed by atoms with Gasteiger partial charge in [0.25, 0.3) is 0 Å². The maximum atomic E-state index is 14.7. The Balaban J connectivity index is 1.97. The van der Waals surface area contributed by atoms with E-state index in [0.717, 1.165) is 36.1 Å². The smallest absolute Gasteiger partial charge is 0.304 e. The van der Waals surface area contributed by atoms with E-state index in [9.17, 15) is 26.8 Å². The molecule has 1 N–H and O–H groups in total. The van der Waals surface area contributed by atoms with Gasteiger partial charge in [-0.2, -0.15) is 12.7 Å². The van der Waals surface area contributed by atoms with Crippen LogP contribution < -0.4 is 9.62 Å². The van der Waals surface area contributed by atoms with Crippen LogP contribution in [0.15, 0.2) is 48.5 Å². The summed E-state index contributed by atoms with van der Waals surface area (Å²) in [7, 11) is -1.69. The largest absolute Gasteiger partial charge is 0.352 e. The van der Waals surface area contributed by atoms with E-state index in [2.05, 4.69) is 5.32 Å². The Labute approximate surface area is 217 Å². The van der Waals surface area contributed by atoms with Crippen LogP contribution in [0.4, 0.5) is 14.5 Å². The van der Waals surface area contributed by atoms with Gasteiger partial charge in [0.05, 0.1) is 5.69 Å². The van der Waals surface area contributed by atoms with Crippen molar-refractivity contribution in [2.24, 2.45) is 0 Å². The number of amides is 2. The molecule has 1 atom stereocenters. The molecule has 1 saturated carbocycles. The van der Waals surface area contributed by atoms with Gasteiger partial charge in [-0.05, 0) is 49.1 Å². The average molecular weight is 537 g/mol. The SMILES string of the molecule is CC[C@H](C(=O)NC1CCCC1)N(Cc1ccc(F)cc1)C(=O)CN(c1ccccc1F)S(=O)(=O)N(C)C. The summed E-state index contributed by atoms with van der Waals surface area (Å²) in [6.07, 6.45) is 4.01. The first-order chi connectivity index (χ1) is 17.5. The first kappa shape index (κ1) is 28.5. The number of halogens is 2. The molecule has 1 fully saturated rings. The molecule has 0 spiro atoms. The van der Waals surface area contributed by atoms with Gasteiger partial charge < -0.3 is 10.2 Å². The number of para-hydroxylation sites is 1. The third-order valence-electron chi connectivity index (χ3n) is 6.49. The van der Waals surface area contributed by atoms with Gasteiger partial charge in [-0.25, -0.2) is 13.1 Å². The molecule has 0 bridgehead atoms. The molecular weight excluding hydrogens is 502 g/mol. The Morgan fingerprint density at radius 2 is 1.65 bits per heavy atom. The van der Waals surface area contributed by atoms with E-state index < -0.39 is 40.3 Å². The molecule has 8 nitrogen and oxygen atoms in total. The molecule has 0 unspecified atom stereocenters. The third-order valence-corrected chi connectivity index (χ3v) is 8.30. The predicted octanol–water partition coefficient (Wildman–Crippen LogP) is 3.44. The lowest BCUT2D eigenvalue weighted by molar-refractivity contribution is -0.140. The predicted molar refractivity (Wildman–Crippen MR) is 138 cm³/mol. The number of rotatable bonds is 11. The van der Waals surface area contributed by atoms with Crippen molar-refractivity contribution in [1.82, 2.24) is 14.5 Å². The van der Waals surface area contributed by atoms with Crippen LogP contribution >= 0.6 is 0 Å². The van der Waals surface area contributed by atoms with E-state index in [-0.39, 0.29) is 30.6 Å². The highest BCUT2D eigenvalue weighted by molar-refractivity contribution is 7.90. The lowest BCUT2D eigenvalue weighted by Crippen LogP contribution is -2.54. The zero-order valence-electron chi connectivity index (χ0n) is 21.4. The Hall–Kier alpha value is -3.05. The van der Waals surface area contributed by atoms with E-state index in [1.807, 2.05) is 0 Å². The number of carbonyl (C=O) groups is 2. The molecule has 11 heteroatoms. The number of hydrogen-bond donors (Lipinski definition) is 1. The minimum atomic E-state index is -4.26. The number of hydrogen-bond acceptors (Lipinski definition) is 4. The fourth-order valence-electron chi connectivity index (χ4n) is 4.43. The van der Waals surface area contributed by atoms with E-state index in [1.165, 1.54) is 61.5 Å². The van der Waals surface area contributed by atoms with Crippen molar-refractivity contribution in [1.29, 1.82) is 0 Å². The Morgan fingerprint density at radius 3 is 2.22 bits per heavy atom. The Kier molecular flexibility index (Phi) is 9.61. The minimum Gasteiger partial charge on any atom is -0.352 e. The summed E-state index contributed by atoms with van der Waals surface area (Å²) in [5.41, 5.74) is 0.282. The van der Waals surface area contributed by atoms with Crippen molar-refractivity contribution >= 4 is 27.7 Å². The van der Waals surface area contributed by atoms with Crippen LogP contribution in [0.2, 0.25) is 0 Å². The van der Waals surface area contributed by atoms with Gasteiger partial charge in [0.15, 0.2) is 0 Å². The van der Waals surface area contributed by atoms with Crippen molar-refractivity contribution in [3.05, 3.63) is 65.7 Å². The van der Waals surface area contributed by atoms with Crippen molar-refractivity contribution in [3.63, 3.8) is 0 Å². The molecule has 0 heterocycles. The highest BCUT2D eigenvalue weighted by Gasteiger charge is 2.35. The molecule has 3 rings (SSSR count). The molecule has 202 valence electrons. The molecule has 37 heavy (non-hydrogen) atoms. The number of anilines is 1. The number of nitrogens with one attached hydrogen (secondary N) is 1. The average Bonchev–Trinajstić information content (AvgIpc) is 3.37. The van der Waals surface area contributed by atoms with Crippen LogP contribution in [0, 0.1) is 11.6 Å². The minimum absolute atomic E-state index is 0.0216. The zero-order valence-corrected chi connectivity index (χ0v) is 22.2. The normalized spacial score (nSPS) is 15.0. The van der Waals surface area contributed by atoms with Crippen LogP contribution in [-0.4, -0.2) is 62.2 Å². The van der Waals surface area contributed by atoms with E-state index in [0.29, 0.717) is 9.87 Å². The molecule has 0 aromatic heterocycles. The van der Waals surface area contributed by atoms with Crippen molar-refractivity contribution < 1.29 is 26.8 Å². The Morgan fingerprint density at radius 1 is 1.03 bits per heavy atom. The maximum absolute atomic E-state index is 14.7. The third kappa shape index (κ3) is 7.04. The second-order valence-corrected chi connectivity index (χ2v) is 11.4. The van der Waals surface area contributed by atoms with Crippen molar-refractivity contribution in [3.8, 4) is 0 Å².